The molecule has 0 radical (unpaired) electrons. The monoisotopic (exact) mass is 393 g/mol. The average molecular weight is 393 g/mol. The van der Waals surface area contributed by atoms with Gasteiger partial charge in [0, 0.05) is 30.6 Å². The SMILES string of the molecule is CCCCN(CCc1nc(-c2ccc(C)cc2)no1)C(=O)c1ccc(OC)cc1. The van der Waals surface area contributed by atoms with Crippen LogP contribution in [0, 0.1) is 6.92 Å². The second-order valence-electron chi connectivity index (χ2n) is 7.00. The number of nitrogens with zero attached hydrogens (tertiary/aromatic N) is 3. The number of aryl methyl sites for hydroxylation is 1. The van der Waals surface area contributed by atoms with Gasteiger partial charge in [-0.05, 0) is 37.6 Å². The number of benzene rings is 2. The normalized spacial score (nSPS) is 10.7. The number of methoxy groups -OCH3 is 1. The third-order valence-corrected chi connectivity index (χ3v) is 4.78. The molecule has 1 heterocycles. The van der Waals surface area contributed by atoms with Crippen molar-refractivity contribution in [3.8, 4) is 17.1 Å². The fraction of sp³-hybridized carbons (Fsp3) is 0.348. The van der Waals surface area contributed by atoms with E-state index in [1.807, 2.05) is 36.1 Å². The number of hydrogen-bond donors (Lipinski definition) is 0. The number of amides is 1. The molecule has 0 spiro atoms. The first kappa shape index (κ1) is 20.6. The molecule has 152 valence electrons. The van der Waals surface area contributed by atoms with Crippen LogP contribution in [0.15, 0.2) is 53.1 Å². The molecule has 6 nitrogen and oxygen atoms in total. The lowest BCUT2D eigenvalue weighted by molar-refractivity contribution is 0.0752. The maximum atomic E-state index is 12.9. The van der Waals surface area contributed by atoms with Crippen LogP contribution < -0.4 is 4.74 Å². The van der Waals surface area contributed by atoms with Crippen LogP contribution >= 0.6 is 0 Å². The van der Waals surface area contributed by atoms with E-state index < -0.39 is 0 Å². The van der Waals surface area contributed by atoms with Crippen molar-refractivity contribution in [2.75, 3.05) is 20.2 Å². The van der Waals surface area contributed by atoms with Crippen LogP contribution in [-0.4, -0.2) is 41.1 Å². The number of aromatic nitrogens is 2. The Morgan fingerprint density at radius 2 is 1.79 bits per heavy atom. The molecular weight excluding hydrogens is 366 g/mol. The van der Waals surface area contributed by atoms with Gasteiger partial charge in [0.25, 0.3) is 5.91 Å². The van der Waals surface area contributed by atoms with E-state index in [1.54, 1.807) is 31.4 Å². The Morgan fingerprint density at radius 1 is 1.07 bits per heavy atom. The molecule has 0 unspecified atom stereocenters. The van der Waals surface area contributed by atoms with Gasteiger partial charge in [-0.15, -0.1) is 0 Å². The van der Waals surface area contributed by atoms with Gasteiger partial charge in [-0.2, -0.15) is 4.98 Å². The molecule has 0 bridgehead atoms. The quantitative estimate of drug-likeness (QED) is 0.534. The molecule has 0 saturated carbocycles. The average Bonchev–Trinajstić information content (AvgIpc) is 3.23. The zero-order chi connectivity index (χ0) is 20.6. The number of unbranched alkanes of at least 4 members (excludes halogenated alkanes) is 1. The highest BCUT2D eigenvalue weighted by Crippen LogP contribution is 2.17. The molecular formula is C23H27N3O3. The molecule has 0 aliphatic heterocycles. The smallest absolute Gasteiger partial charge is 0.253 e. The Morgan fingerprint density at radius 3 is 2.45 bits per heavy atom. The summed E-state index contributed by atoms with van der Waals surface area (Å²) >= 11 is 0. The molecule has 0 aliphatic rings. The zero-order valence-electron chi connectivity index (χ0n) is 17.2. The van der Waals surface area contributed by atoms with Gasteiger partial charge in [0.2, 0.25) is 11.7 Å². The maximum absolute atomic E-state index is 12.9. The van der Waals surface area contributed by atoms with Crippen LogP contribution in [-0.2, 0) is 6.42 Å². The highest BCUT2D eigenvalue weighted by atomic mass is 16.5. The van der Waals surface area contributed by atoms with E-state index in [0.29, 0.717) is 36.8 Å². The van der Waals surface area contributed by atoms with Gasteiger partial charge in [0.15, 0.2) is 0 Å². The predicted octanol–water partition coefficient (Wildman–Crippen LogP) is 4.54. The van der Waals surface area contributed by atoms with Crippen LogP contribution in [0.25, 0.3) is 11.4 Å². The van der Waals surface area contributed by atoms with E-state index in [0.717, 1.165) is 24.2 Å². The van der Waals surface area contributed by atoms with Crippen LogP contribution in [0.2, 0.25) is 0 Å². The molecule has 0 fully saturated rings. The van der Waals surface area contributed by atoms with Crippen LogP contribution in [0.1, 0.15) is 41.6 Å². The highest BCUT2D eigenvalue weighted by Gasteiger charge is 2.17. The second-order valence-corrected chi connectivity index (χ2v) is 7.00. The van der Waals surface area contributed by atoms with Crippen molar-refractivity contribution < 1.29 is 14.1 Å². The summed E-state index contributed by atoms with van der Waals surface area (Å²) in [5.41, 5.74) is 2.75. The minimum atomic E-state index is -0.000577. The fourth-order valence-electron chi connectivity index (χ4n) is 2.99. The molecule has 1 amide bonds. The van der Waals surface area contributed by atoms with E-state index >= 15 is 0 Å². The van der Waals surface area contributed by atoms with E-state index in [-0.39, 0.29) is 5.91 Å². The molecule has 6 heteroatoms. The van der Waals surface area contributed by atoms with Crippen molar-refractivity contribution in [1.82, 2.24) is 15.0 Å². The molecule has 1 aromatic heterocycles. The summed E-state index contributed by atoms with van der Waals surface area (Å²) in [5, 5.41) is 4.07. The minimum absolute atomic E-state index is 0.000577. The standard InChI is InChI=1S/C23H27N3O3/c1-4-5-15-26(23(27)19-10-12-20(28-3)13-11-19)16-14-21-24-22(25-29-21)18-8-6-17(2)7-9-18/h6-13H,4-5,14-16H2,1-3H3. The lowest BCUT2D eigenvalue weighted by atomic mass is 10.1. The van der Waals surface area contributed by atoms with Crippen molar-refractivity contribution in [3.05, 3.63) is 65.5 Å². The van der Waals surface area contributed by atoms with Gasteiger partial charge < -0.3 is 14.2 Å². The fourth-order valence-corrected chi connectivity index (χ4v) is 2.99. The van der Waals surface area contributed by atoms with Crippen LogP contribution in [0.5, 0.6) is 5.75 Å². The first-order valence-electron chi connectivity index (χ1n) is 9.93. The summed E-state index contributed by atoms with van der Waals surface area (Å²) in [6, 6.07) is 15.2. The van der Waals surface area contributed by atoms with Crippen molar-refractivity contribution in [2.24, 2.45) is 0 Å². The first-order valence-corrected chi connectivity index (χ1v) is 9.93. The van der Waals surface area contributed by atoms with E-state index in [4.69, 9.17) is 9.26 Å². The Balaban J connectivity index is 1.67. The molecule has 0 aliphatic carbocycles. The molecule has 29 heavy (non-hydrogen) atoms. The number of carbonyl (C=O) groups excluding carboxylic acids is 1. The Kier molecular flexibility index (Phi) is 7.00. The van der Waals surface area contributed by atoms with Crippen LogP contribution in [0.3, 0.4) is 0 Å². The number of rotatable bonds is 9. The van der Waals surface area contributed by atoms with Gasteiger partial charge in [-0.25, -0.2) is 0 Å². The summed E-state index contributed by atoms with van der Waals surface area (Å²) in [5.74, 6) is 1.83. The zero-order valence-corrected chi connectivity index (χ0v) is 17.2. The summed E-state index contributed by atoms with van der Waals surface area (Å²) < 4.78 is 10.6. The van der Waals surface area contributed by atoms with Gasteiger partial charge in [-0.3, -0.25) is 4.79 Å². The Hall–Kier alpha value is -3.15. The largest absolute Gasteiger partial charge is 0.497 e. The molecule has 3 rings (SSSR count). The molecule has 0 saturated heterocycles. The highest BCUT2D eigenvalue weighted by molar-refractivity contribution is 5.94. The number of hydrogen-bond acceptors (Lipinski definition) is 5. The first-order chi connectivity index (χ1) is 14.1. The molecule has 2 aromatic carbocycles. The van der Waals surface area contributed by atoms with Crippen molar-refractivity contribution >= 4 is 5.91 Å². The lowest BCUT2D eigenvalue weighted by Gasteiger charge is -2.22. The Bertz CT molecular complexity index is 917. The van der Waals surface area contributed by atoms with E-state index in [2.05, 4.69) is 17.1 Å². The number of carbonyl (C=O) groups is 1. The van der Waals surface area contributed by atoms with Crippen LogP contribution in [0.4, 0.5) is 0 Å². The molecule has 0 N–H and O–H groups in total. The summed E-state index contributed by atoms with van der Waals surface area (Å²) in [4.78, 5) is 19.3. The topological polar surface area (TPSA) is 68.5 Å². The third kappa shape index (κ3) is 5.44. The molecule has 0 atom stereocenters. The van der Waals surface area contributed by atoms with Crippen molar-refractivity contribution in [2.45, 2.75) is 33.1 Å². The van der Waals surface area contributed by atoms with E-state index in [9.17, 15) is 4.79 Å². The summed E-state index contributed by atoms with van der Waals surface area (Å²) in [7, 11) is 1.61. The van der Waals surface area contributed by atoms with Crippen molar-refractivity contribution in [1.29, 1.82) is 0 Å². The van der Waals surface area contributed by atoms with E-state index in [1.165, 1.54) is 5.56 Å². The molecule has 3 aromatic rings. The summed E-state index contributed by atoms with van der Waals surface area (Å²) in [6.45, 7) is 5.37. The third-order valence-electron chi connectivity index (χ3n) is 4.78. The lowest BCUT2D eigenvalue weighted by Crippen LogP contribution is -2.33. The van der Waals surface area contributed by atoms with Gasteiger partial charge in [0.05, 0.1) is 7.11 Å². The van der Waals surface area contributed by atoms with Gasteiger partial charge >= 0.3 is 0 Å². The number of ether oxygens (including phenoxy) is 1. The van der Waals surface area contributed by atoms with Gasteiger partial charge in [0.1, 0.15) is 5.75 Å². The predicted molar refractivity (Wildman–Crippen MR) is 112 cm³/mol. The second kappa shape index (κ2) is 9.87. The maximum Gasteiger partial charge on any atom is 0.253 e. The Labute approximate surface area is 171 Å². The van der Waals surface area contributed by atoms with Crippen molar-refractivity contribution in [3.63, 3.8) is 0 Å². The van der Waals surface area contributed by atoms with Gasteiger partial charge in [-0.1, -0.05) is 48.3 Å². The minimum Gasteiger partial charge on any atom is -0.497 e. The summed E-state index contributed by atoms with van der Waals surface area (Å²) in [6.07, 6.45) is 2.48.